The summed E-state index contributed by atoms with van der Waals surface area (Å²) in [7, 11) is 0. The summed E-state index contributed by atoms with van der Waals surface area (Å²) in [6.07, 6.45) is 0. The second kappa shape index (κ2) is 6.76. The molecule has 2 rings (SSSR count). The van der Waals surface area contributed by atoms with Gasteiger partial charge >= 0.3 is 0 Å². The molecule has 1 aromatic heterocycles. The molecule has 1 aromatic carbocycles. The molecule has 0 saturated carbocycles. The maximum atomic E-state index is 13.1. The highest BCUT2D eigenvalue weighted by Gasteiger charge is 2.04. The largest absolute Gasteiger partial charge is 0.491 e. The van der Waals surface area contributed by atoms with Gasteiger partial charge in [0.1, 0.15) is 23.2 Å². The van der Waals surface area contributed by atoms with E-state index in [4.69, 9.17) is 16.2 Å². The van der Waals surface area contributed by atoms with Gasteiger partial charge in [-0.15, -0.1) is 0 Å². The van der Waals surface area contributed by atoms with Crippen LogP contribution in [0.1, 0.15) is 0 Å². The summed E-state index contributed by atoms with van der Waals surface area (Å²) in [6.45, 7) is 0.380. The molecule has 0 unspecified atom stereocenters. The van der Waals surface area contributed by atoms with E-state index in [9.17, 15) is 4.39 Å². The fraction of sp³-hybridized carbons (Fsp3) is 0.167. The van der Waals surface area contributed by atoms with Crippen molar-refractivity contribution in [3.05, 3.63) is 34.6 Å². The van der Waals surface area contributed by atoms with E-state index < -0.39 is 0 Å². The number of rotatable bonds is 5. The standard InChI is InChI=1S/C12H12BrFN4OS/c13-8-2-1-7(14)5-9(8)19-3-4-20-12-17-10(15)6-11(16)18-12/h1-2,5-6H,3-4H2,(H4,15,16,17,18). The van der Waals surface area contributed by atoms with Gasteiger partial charge in [0.05, 0.1) is 11.1 Å². The number of hydrogen-bond donors (Lipinski definition) is 2. The lowest BCUT2D eigenvalue weighted by Gasteiger charge is -2.08. The van der Waals surface area contributed by atoms with Crippen LogP contribution in [0.3, 0.4) is 0 Å². The van der Waals surface area contributed by atoms with Gasteiger partial charge in [0.15, 0.2) is 5.16 Å². The first-order valence-electron chi connectivity index (χ1n) is 5.65. The fourth-order valence-electron chi connectivity index (χ4n) is 1.40. The van der Waals surface area contributed by atoms with E-state index in [-0.39, 0.29) is 5.82 Å². The smallest absolute Gasteiger partial charge is 0.191 e. The molecule has 0 aliphatic heterocycles. The third kappa shape index (κ3) is 4.24. The van der Waals surface area contributed by atoms with Gasteiger partial charge in [-0.2, -0.15) is 0 Å². The van der Waals surface area contributed by atoms with Gasteiger partial charge in [-0.05, 0) is 28.1 Å². The molecule has 2 aromatic rings. The Bertz CT molecular complexity index is 594. The Labute approximate surface area is 128 Å². The summed E-state index contributed by atoms with van der Waals surface area (Å²) >= 11 is 4.65. The first-order chi connectivity index (χ1) is 9.54. The van der Waals surface area contributed by atoms with Crippen LogP contribution in [0.25, 0.3) is 0 Å². The van der Waals surface area contributed by atoms with Crippen LogP contribution in [0.15, 0.2) is 33.9 Å². The molecule has 0 fully saturated rings. The van der Waals surface area contributed by atoms with E-state index in [0.717, 1.165) is 0 Å². The SMILES string of the molecule is Nc1cc(N)nc(SCCOc2cc(F)ccc2Br)n1. The summed E-state index contributed by atoms with van der Waals surface area (Å²) in [6, 6.07) is 5.77. The highest BCUT2D eigenvalue weighted by molar-refractivity contribution is 9.10. The van der Waals surface area contributed by atoms with Crippen molar-refractivity contribution in [2.45, 2.75) is 5.16 Å². The van der Waals surface area contributed by atoms with Gasteiger partial charge in [0, 0.05) is 17.9 Å². The number of nitrogens with two attached hydrogens (primary N) is 2. The highest BCUT2D eigenvalue weighted by Crippen LogP contribution is 2.26. The number of ether oxygens (including phenoxy) is 1. The van der Waals surface area contributed by atoms with E-state index in [1.54, 1.807) is 6.07 Å². The average molecular weight is 359 g/mol. The van der Waals surface area contributed by atoms with Crippen LogP contribution in [0.2, 0.25) is 0 Å². The number of aromatic nitrogens is 2. The van der Waals surface area contributed by atoms with Crippen molar-refractivity contribution < 1.29 is 9.13 Å². The van der Waals surface area contributed by atoms with Crippen molar-refractivity contribution in [3.63, 3.8) is 0 Å². The zero-order chi connectivity index (χ0) is 14.5. The number of nitrogens with zero attached hydrogens (tertiary/aromatic N) is 2. The van der Waals surface area contributed by atoms with Crippen molar-refractivity contribution in [1.29, 1.82) is 0 Å². The number of nitrogen functional groups attached to an aromatic ring is 2. The minimum Gasteiger partial charge on any atom is -0.491 e. The van der Waals surface area contributed by atoms with Crippen LogP contribution in [-0.4, -0.2) is 22.3 Å². The average Bonchev–Trinajstić information content (AvgIpc) is 2.37. The molecule has 0 saturated heterocycles. The number of benzene rings is 1. The molecule has 0 amide bonds. The van der Waals surface area contributed by atoms with Gasteiger partial charge in [0.25, 0.3) is 0 Å². The van der Waals surface area contributed by atoms with Gasteiger partial charge < -0.3 is 16.2 Å². The number of hydrogen-bond acceptors (Lipinski definition) is 6. The van der Waals surface area contributed by atoms with E-state index in [1.165, 1.54) is 30.0 Å². The molecular formula is C12H12BrFN4OS. The summed E-state index contributed by atoms with van der Waals surface area (Å²) in [5, 5.41) is 0.490. The Balaban J connectivity index is 1.86. The molecule has 5 nitrogen and oxygen atoms in total. The second-order valence-electron chi connectivity index (χ2n) is 3.77. The van der Waals surface area contributed by atoms with Gasteiger partial charge in [-0.25, -0.2) is 14.4 Å². The normalized spacial score (nSPS) is 10.5. The predicted octanol–water partition coefficient (Wildman–Crippen LogP) is 2.71. The van der Waals surface area contributed by atoms with Crippen LogP contribution >= 0.6 is 27.7 Å². The first-order valence-corrected chi connectivity index (χ1v) is 7.43. The summed E-state index contributed by atoms with van der Waals surface area (Å²) in [5.41, 5.74) is 11.1. The Morgan fingerprint density at radius 1 is 1.20 bits per heavy atom. The molecule has 20 heavy (non-hydrogen) atoms. The summed E-state index contributed by atoms with van der Waals surface area (Å²) in [5.74, 6) is 1.36. The topological polar surface area (TPSA) is 87.1 Å². The number of halogens is 2. The zero-order valence-electron chi connectivity index (χ0n) is 10.3. The Morgan fingerprint density at radius 2 is 1.90 bits per heavy atom. The van der Waals surface area contributed by atoms with E-state index in [0.29, 0.717) is 39.4 Å². The number of anilines is 2. The lowest BCUT2D eigenvalue weighted by molar-refractivity contribution is 0.339. The van der Waals surface area contributed by atoms with Crippen LogP contribution < -0.4 is 16.2 Å². The van der Waals surface area contributed by atoms with Crippen molar-refractivity contribution >= 4 is 39.3 Å². The van der Waals surface area contributed by atoms with Crippen LogP contribution in [-0.2, 0) is 0 Å². The molecule has 0 aliphatic rings. The summed E-state index contributed by atoms with van der Waals surface area (Å²) < 4.78 is 19.2. The molecule has 0 spiro atoms. The van der Waals surface area contributed by atoms with E-state index in [2.05, 4.69) is 25.9 Å². The number of thioether (sulfide) groups is 1. The Morgan fingerprint density at radius 3 is 2.60 bits per heavy atom. The molecule has 0 bridgehead atoms. The van der Waals surface area contributed by atoms with Crippen molar-refractivity contribution in [2.24, 2.45) is 0 Å². The third-order valence-corrected chi connectivity index (χ3v) is 3.68. The third-order valence-electron chi connectivity index (χ3n) is 2.21. The van der Waals surface area contributed by atoms with Gasteiger partial charge in [-0.1, -0.05) is 11.8 Å². The lowest BCUT2D eigenvalue weighted by Crippen LogP contribution is -2.03. The van der Waals surface area contributed by atoms with Gasteiger partial charge in [-0.3, -0.25) is 0 Å². The summed E-state index contributed by atoms with van der Waals surface area (Å²) in [4.78, 5) is 8.07. The van der Waals surface area contributed by atoms with Crippen LogP contribution in [0.5, 0.6) is 5.75 Å². The Hall–Kier alpha value is -1.54. The minimum absolute atomic E-state index is 0.328. The fourth-order valence-corrected chi connectivity index (χ4v) is 2.45. The minimum atomic E-state index is -0.345. The molecule has 0 radical (unpaired) electrons. The maximum Gasteiger partial charge on any atom is 0.191 e. The Kier molecular flexibility index (Phi) is 5.02. The molecule has 0 atom stereocenters. The second-order valence-corrected chi connectivity index (χ2v) is 5.69. The quantitative estimate of drug-likeness (QED) is 0.485. The van der Waals surface area contributed by atoms with Gasteiger partial charge in [0.2, 0.25) is 0 Å². The zero-order valence-corrected chi connectivity index (χ0v) is 12.7. The van der Waals surface area contributed by atoms with Crippen molar-refractivity contribution in [2.75, 3.05) is 23.8 Å². The predicted molar refractivity (Wildman–Crippen MR) is 81.2 cm³/mol. The monoisotopic (exact) mass is 358 g/mol. The van der Waals surface area contributed by atoms with E-state index >= 15 is 0 Å². The van der Waals surface area contributed by atoms with Crippen LogP contribution in [0.4, 0.5) is 16.0 Å². The first kappa shape index (κ1) is 14.9. The molecule has 8 heteroatoms. The molecule has 106 valence electrons. The molecule has 1 heterocycles. The maximum absolute atomic E-state index is 13.1. The van der Waals surface area contributed by atoms with Crippen molar-refractivity contribution in [3.8, 4) is 5.75 Å². The molecule has 4 N–H and O–H groups in total. The molecular weight excluding hydrogens is 347 g/mol. The van der Waals surface area contributed by atoms with Crippen molar-refractivity contribution in [1.82, 2.24) is 9.97 Å². The highest BCUT2D eigenvalue weighted by atomic mass is 79.9. The lowest BCUT2D eigenvalue weighted by atomic mass is 10.3. The van der Waals surface area contributed by atoms with Crippen LogP contribution in [0, 0.1) is 5.82 Å². The molecule has 0 aliphatic carbocycles. The van der Waals surface area contributed by atoms with E-state index in [1.807, 2.05) is 0 Å².